The highest BCUT2D eigenvalue weighted by atomic mass is 19.4. The molecule has 2 aromatic carbocycles. The minimum atomic E-state index is -4.90. The van der Waals surface area contributed by atoms with Crippen LogP contribution in [0, 0.1) is 17.2 Å². The molecule has 1 N–H and O–H groups in total. The number of nitriles is 1. The fourth-order valence-corrected chi connectivity index (χ4v) is 3.77. The SMILES string of the molecule is CC(=O)C1=C[C@H](COc2cccc(CCNC(=O)C(F)(F)F)c2)CCC(c2cccc(C#N)c2)=C1. The summed E-state index contributed by atoms with van der Waals surface area (Å²) in [5.74, 6) is -1.49. The van der Waals surface area contributed by atoms with Crippen molar-refractivity contribution < 1.29 is 27.5 Å². The molecule has 0 spiro atoms. The van der Waals surface area contributed by atoms with E-state index in [1.54, 1.807) is 30.3 Å². The predicted molar refractivity (Wildman–Crippen MR) is 125 cm³/mol. The molecule has 0 aromatic heterocycles. The number of ether oxygens (including phenoxy) is 1. The number of Topliss-reactive ketones (excluding diaryl/α,β-unsaturated/α-hetero) is 1. The number of nitrogens with one attached hydrogen (secondary N) is 1. The minimum absolute atomic E-state index is 0.0310. The molecule has 35 heavy (non-hydrogen) atoms. The number of amides is 1. The summed E-state index contributed by atoms with van der Waals surface area (Å²) < 4.78 is 42.8. The highest BCUT2D eigenvalue weighted by Crippen LogP contribution is 2.30. The van der Waals surface area contributed by atoms with Crippen molar-refractivity contribution in [3.05, 3.63) is 82.9 Å². The summed E-state index contributed by atoms with van der Waals surface area (Å²) >= 11 is 0. The average molecular weight is 483 g/mol. The van der Waals surface area contributed by atoms with Crippen molar-refractivity contribution in [1.82, 2.24) is 5.32 Å². The van der Waals surface area contributed by atoms with Gasteiger partial charge in [-0.2, -0.15) is 18.4 Å². The van der Waals surface area contributed by atoms with E-state index in [1.165, 1.54) is 6.92 Å². The number of allylic oxidation sites excluding steroid dienone is 3. The number of carbonyl (C=O) groups excluding carboxylic acids is 2. The lowest BCUT2D eigenvalue weighted by molar-refractivity contribution is -0.173. The second-order valence-corrected chi connectivity index (χ2v) is 8.30. The van der Waals surface area contributed by atoms with Crippen molar-refractivity contribution in [2.45, 2.75) is 32.4 Å². The molecule has 1 amide bonds. The highest BCUT2D eigenvalue weighted by Gasteiger charge is 2.38. The Hall–Kier alpha value is -3.86. The maximum absolute atomic E-state index is 12.3. The van der Waals surface area contributed by atoms with E-state index in [9.17, 15) is 28.0 Å². The normalized spacial score (nSPS) is 15.8. The van der Waals surface area contributed by atoms with Gasteiger partial charge in [-0.15, -0.1) is 0 Å². The Morgan fingerprint density at radius 2 is 1.94 bits per heavy atom. The molecule has 0 saturated carbocycles. The first kappa shape index (κ1) is 25.8. The molecular weight excluding hydrogens is 457 g/mol. The Morgan fingerprint density at radius 1 is 1.17 bits per heavy atom. The van der Waals surface area contributed by atoms with Crippen molar-refractivity contribution in [3.63, 3.8) is 0 Å². The third-order valence-corrected chi connectivity index (χ3v) is 5.62. The summed E-state index contributed by atoms with van der Waals surface area (Å²) in [5.41, 5.74) is 3.76. The molecule has 2 aromatic rings. The lowest BCUT2D eigenvalue weighted by atomic mass is 9.96. The van der Waals surface area contributed by atoms with Crippen LogP contribution in [0.1, 0.15) is 36.5 Å². The first-order valence-electron chi connectivity index (χ1n) is 11.2. The summed E-state index contributed by atoms with van der Waals surface area (Å²) in [7, 11) is 0. The van der Waals surface area contributed by atoms with E-state index in [0.717, 1.165) is 23.1 Å². The van der Waals surface area contributed by atoms with Crippen LogP contribution in [0.25, 0.3) is 5.57 Å². The Balaban J connectivity index is 1.62. The molecule has 8 heteroatoms. The van der Waals surface area contributed by atoms with Crippen LogP contribution in [0.3, 0.4) is 0 Å². The van der Waals surface area contributed by atoms with Gasteiger partial charge in [-0.25, -0.2) is 0 Å². The number of alkyl halides is 3. The standard InChI is InChI=1S/C27H25F3N2O3/c1-18(33)24-13-21(8-9-23(15-24)22-6-2-5-20(12-22)16-31)17-35-25-7-3-4-19(14-25)10-11-32-26(34)27(28,29)30/h2-7,12-15,21H,8-11,17H2,1H3,(H,32,34)/t21-/m1/s1. The zero-order valence-corrected chi connectivity index (χ0v) is 19.2. The quantitative estimate of drug-likeness (QED) is 0.563. The molecule has 1 aliphatic rings. The van der Waals surface area contributed by atoms with Crippen LogP contribution in [-0.4, -0.2) is 31.0 Å². The van der Waals surface area contributed by atoms with E-state index in [2.05, 4.69) is 6.07 Å². The smallest absolute Gasteiger partial charge is 0.471 e. The molecule has 3 rings (SSSR count). The van der Waals surface area contributed by atoms with E-state index in [-0.39, 0.29) is 24.7 Å². The molecule has 5 nitrogen and oxygen atoms in total. The minimum Gasteiger partial charge on any atom is -0.493 e. The van der Waals surface area contributed by atoms with E-state index in [0.29, 0.717) is 29.9 Å². The molecule has 0 aliphatic heterocycles. The number of hydrogen-bond donors (Lipinski definition) is 1. The second-order valence-electron chi connectivity index (χ2n) is 8.30. The van der Waals surface area contributed by atoms with Gasteiger partial charge < -0.3 is 10.1 Å². The first-order chi connectivity index (χ1) is 16.7. The number of rotatable bonds is 8. The number of carbonyl (C=O) groups is 2. The van der Waals surface area contributed by atoms with Crippen molar-refractivity contribution >= 4 is 17.3 Å². The molecule has 182 valence electrons. The van der Waals surface area contributed by atoms with Gasteiger partial charge >= 0.3 is 12.1 Å². The molecule has 1 atom stereocenters. The maximum Gasteiger partial charge on any atom is 0.471 e. The molecule has 0 radical (unpaired) electrons. The summed E-state index contributed by atoms with van der Waals surface area (Å²) in [5, 5.41) is 11.0. The zero-order valence-electron chi connectivity index (χ0n) is 19.2. The Labute approximate surface area is 201 Å². The van der Waals surface area contributed by atoms with Crippen molar-refractivity contribution in [2.75, 3.05) is 13.2 Å². The topological polar surface area (TPSA) is 79.2 Å². The lowest BCUT2D eigenvalue weighted by Gasteiger charge is -2.15. The Morgan fingerprint density at radius 3 is 2.66 bits per heavy atom. The molecule has 0 bridgehead atoms. The largest absolute Gasteiger partial charge is 0.493 e. The monoisotopic (exact) mass is 482 g/mol. The van der Waals surface area contributed by atoms with Gasteiger partial charge in [-0.1, -0.05) is 30.3 Å². The second kappa shape index (κ2) is 11.5. The third kappa shape index (κ3) is 7.57. The molecule has 0 saturated heterocycles. The van der Waals surface area contributed by atoms with Crippen molar-refractivity contribution in [1.29, 1.82) is 5.26 Å². The lowest BCUT2D eigenvalue weighted by Crippen LogP contribution is -2.37. The fourth-order valence-electron chi connectivity index (χ4n) is 3.77. The van der Waals surface area contributed by atoms with Crippen molar-refractivity contribution in [2.24, 2.45) is 5.92 Å². The zero-order chi connectivity index (χ0) is 25.4. The Kier molecular flexibility index (Phi) is 8.48. The molecular formula is C27H25F3N2O3. The summed E-state index contributed by atoms with van der Waals surface area (Å²) in [6.45, 7) is 1.69. The van der Waals surface area contributed by atoms with Gasteiger partial charge in [0.15, 0.2) is 5.78 Å². The number of hydrogen-bond acceptors (Lipinski definition) is 4. The van der Waals surface area contributed by atoms with Crippen LogP contribution in [0.15, 0.2) is 66.3 Å². The van der Waals surface area contributed by atoms with Crippen LogP contribution < -0.4 is 10.1 Å². The number of nitrogens with zero attached hydrogens (tertiary/aromatic N) is 1. The highest BCUT2D eigenvalue weighted by molar-refractivity contribution is 5.98. The number of ketones is 1. The van der Waals surface area contributed by atoms with Gasteiger partial charge in [0.05, 0.1) is 18.2 Å². The van der Waals surface area contributed by atoms with Crippen molar-refractivity contribution in [3.8, 4) is 11.8 Å². The van der Waals surface area contributed by atoms with E-state index in [1.807, 2.05) is 35.7 Å². The van der Waals surface area contributed by atoms with E-state index < -0.39 is 12.1 Å². The predicted octanol–water partition coefficient (Wildman–Crippen LogP) is 5.17. The summed E-state index contributed by atoms with van der Waals surface area (Å²) in [4.78, 5) is 23.2. The van der Waals surface area contributed by atoms with E-state index >= 15 is 0 Å². The van der Waals surface area contributed by atoms with Gasteiger partial charge in [-0.05, 0) is 73.2 Å². The van der Waals surface area contributed by atoms with Crippen LogP contribution in [-0.2, 0) is 16.0 Å². The van der Waals surface area contributed by atoms with Gasteiger partial charge in [0.25, 0.3) is 0 Å². The summed E-state index contributed by atoms with van der Waals surface area (Å²) in [6, 6.07) is 16.4. The van der Waals surface area contributed by atoms with E-state index in [4.69, 9.17) is 4.74 Å². The van der Waals surface area contributed by atoms with Crippen LogP contribution in [0.5, 0.6) is 5.75 Å². The van der Waals surface area contributed by atoms with Crippen LogP contribution in [0.2, 0.25) is 0 Å². The first-order valence-corrected chi connectivity index (χ1v) is 11.2. The number of halogens is 3. The fraction of sp³-hybridized carbons (Fsp3) is 0.296. The van der Waals surface area contributed by atoms with Gasteiger partial charge in [0.2, 0.25) is 0 Å². The van der Waals surface area contributed by atoms with Crippen LogP contribution in [0.4, 0.5) is 13.2 Å². The van der Waals surface area contributed by atoms with Crippen LogP contribution >= 0.6 is 0 Å². The van der Waals surface area contributed by atoms with Gasteiger partial charge in [0, 0.05) is 18.0 Å². The molecule has 0 heterocycles. The van der Waals surface area contributed by atoms with Gasteiger partial charge in [-0.3, -0.25) is 9.59 Å². The third-order valence-electron chi connectivity index (χ3n) is 5.62. The Bertz CT molecular complexity index is 1190. The molecule has 0 fully saturated rings. The average Bonchev–Trinajstić information content (AvgIpc) is 3.05. The molecule has 1 aliphatic carbocycles. The van der Waals surface area contributed by atoms with Gasteiger partial charge in [0.1, 0.15) is 5.75 Å². The number of benzene rings is 2. The summed E-state index contributed by atoms with van der Waals surface area (Å²) in [6.07, 6.45) is 0.543. The molecule has 0 unspecified atom stereocenters. The maximum atomic E-state index is 12.3.